The molecule has 1 fully saturated rings. The lowest BCUT2D eigenvalue weighted by atomic mass is 9.83. The molecule has 6 heteroatoms. The highest BCUT2D eigenvalue weighted by Gasteiger charge is 2.28. The molecule has 1 amide bonds. The fourth-order valence-corrected chi connectivity index (χ4v) is 3.10. The van der Waals surface area contributed by atoms with Crippen LogP contribution in [0, 0.1) is 5.92 Å². The summed E-state index contributed by atoms with van der Waals surface area (Å²) in [6.07, 6.45) is 2.38. The highest BCUT2D eigenvalue weighted by molar-refractivity contribution is 5.80. The molecule has 1 saturated carbocycles. The fourth-order valence-electron chi connectivity index (χ4n) is 3.10. The summed E-state index contributed by atoms with van der Waals surface area (Å²) >= 11 is 0. The van der Waals surface area contributed by atoms with E-state index in [1.165, 1.54) is 12.5 Å². The summed E-state index contributed by atoms with van der Waals surface area (Å²) in [6, 6.07) is 8.97. The van der Waals surface area contributed by atoms with Crippen molar-refractivity contribution in [1.82, 2.24) is 5.32 Å². The summed E-state index contributed by atoms with van der Waals surface area (Å²) in [5.74, 6) is -0.701. The van der Waals surface area contributed by atoms with E-state index < -0.39 is 24.2 Å². The second kappa shape index (κ2) is 8.68. The zero-order valence-corrected chi connectivity index (χ0v) is 13.9. The summed E-state index contributed by atoms with van der Waals surface area (Å²) < 4.78 is 5.30. The Morgan fingerprint density at radius 3 is 2.38 bits per heavy atom. The van der Waals surface area contributed by atoms with Gasteiger partial charge in [-0.15, -0.1) is 0 Å². The standard InChI is InChI=1S/C18H25NO5/c1-12(20)16(17(21)22)19-18(23)24-15-9-7-14(8-10-15)11-13-5-3-2-4-6-13/h2-6,12,14-16,20H,7-11H2,1H3,(H,19,23)(H,21,22)/t12-,14?,15?,16+/m0/s1. The van der Waals surface area contributed by atoms with E-state index in [4.69, 9.17) is 9.84 Å². The van der Waals surface area contributed by atoms with E-state index in [-0.39, 0.29) is 6.10 Å². The summed E-state index contributed by atoms with van der Waals surface area (Å²) in [6.45, 7) is 1.31. The number of hydrogen-bond acceptors (Lipinski definition) is 4. The Morgan fingerprint density at radius 2 is 1.83 bits per heavy atom. The highest BCUT2D eigenvalue weighted by atomic mass is 16.6. The van der Waals surface area contributed by atoms with E-state index in [1.54, 1.807) is 0 Å². The van der Waals surface area contributed by atoms with Crippen LogP contribution in [0.15, 0.2) is 30.3 Å². The van der Waals surface area contributed by atoms with Crippen molar-refractivity contribution in [2.45, 2.75) is 57.3 Å². The molecule has 2 rings (SSSR count). The molecule has 0 heterocycles. The molecule has 0 spiro atoms. The van der Waals surface area contributed by atoms with Gasteiger partial charge in [-0.25, -0.2) is 9.59 Å². The minimum Gasteiger partial charge on any atom is -0.480 e. The number of benzene rings is 1. The Kier molecular flexibility index (Phi) is 6.61. The molecule has 0 aromatic heterocycles. The summed E-state index contributed by atoms with van der Waals surface area (Å²) in [5.41, 5.74) is 1.32. The summed E-state index contributed by atoms with van der Waals surface area (Å²) in [5, 5.41) is 20.5. The van der Waals surface area contributed by atoms with E-state index in [0.717, 1.165) is 32.1 Å². The van der Waals surface area contributed by atoms with Crippen molar-refractivity contribution in [2.75, 3.05) is 0 Å². The van der Waals surface area contributed by atoms with Gasteiger partial charge in [0, 0.05) is 0 Å². The van der Waals surface area contributed by atoms with Crippen molar-refractivity contribution in [3.05, 3.63) is 35.9 Å². The van der Waals surface area contributed by atoms with E-state index in [2.05, 4.69) is 17.4 Å². The molecule has 0 aliphatic heterocycles. The van der Waals surface area contributed by atoms with Gasteiger partial charge in [-0.1, -0.05) is 30.3 Å². The van der Waals surface area contributed by atoms with Gasteiger partial charge in [0.25, 0.3) is 0 Å². The number of nitrogens with one attached hydrogen (secondary N) is 1. The van der Waals surface area contributed by atoms with Crippen LogP contribution in [0.2, 0.25) is 0 Å². The van der Waals surface area contributed by atoms with Crippen LogP contribution in [0.4, 0.5) is 4.79 Å². The van der Waals surface area contributed by atoms with Crippen molar-refractivity contribution < 1.29 is 24.5 Å². The highest BCUT2D eigenvalue weighted by Crippen LogP contribution is 2.29. The monoisotopic (exact) mass is 335 g/mol. The van der Waals surface area contributed by atoms with Crippen LogP contribution in [0.5, 0.6) is 0 Å². The topological polar surface area (TPSA) is 95.9 Å². The van der Waals surface area contributed by atoms with Crippen molar-refractivity contribution >= 4 is 12.1 Å². The number of carboxylic acid groups (broad SMARTS) is 1. The van der Waals surface area contributed by atoms with Crippen molar-refractivity contribution in [2.24, 2.45) is 5.92 Å². The Hall–Kier alpha value is -2.08. The first-order valence-electron chi connectivity index (χ1n) is 8.37. The zero-order chi connectivity index (χ0) is 17.5. The molecule has 1 aromatic rings. The predicted molar refractivity (Wildman–Crippen MR) is 88.6 cm³/mol. The third-order valence-corrected chi connectivity index (χ3v) is 4.46. The third kappa shape index (κ3) is 5.53. The molecule has 132 valence electrons. The number of aliphatic carboxylic acids is 1. The van der Waals surface area contributed by atoms with Crippen LogP contribution in [0.25, 0.3) is 0 Å². The molecule has 0 saturated heterocycles. The Morgan fingerprint density at radius 1 is 1.21 bits per heavy atom. The number of amides is 1. The molecule has 3 N–H and O–H groups in total. The number of aliphatic hydroxyl groups excluding tert-OH is 1. The van der Waals surface area contributed by atoms with E-state index >= 15 is 0 Å². The number of carbonyl (C=O) groups is 2. The molecule has 2 atom stereocenters. The van der Waals surface area contributed by atoms with Gasteiger partial charge in [-0.05, 0) is 50.5 Å². The van der Waals surface area contributed by atoms with Gasteiger partial charge in [-0.2, -0.15) is 0 Å². The Balaban J connectivity index is 1.74. The van der Waals surface area contributed by atoms with Crippen LogP contribution in [0.3, 0.4) is 0 Å². The number of alkyl carbamates (subject to hydrolysis) is 1. The van der Waals surface area contributed by atoms with Crippen molar-refractivity contribution in [3.63, 3.8) is 0 Å². The third-order valence-electron chi connectivity index (χ3n) is 4.46. The number of rotatable bonds is 6. The molecule has 0 radical (unpaired) electrons. The Bertz CT molecular complexity index is 538. The lowest BCUT2D eigenvalue weighted by Crippen LogP contribution is -2.48. The van der Waals surface area contributed by atoms with Crippen LogP contribution in [-0.2, 0) is 16.0 Å². The normalized spacial score (nSPS) is 23.1. The van der Waals surface area contributed by atoms with Crippen LogP contribution in [0.1, 0.15) is 38.2 Å². The van der Waals surface area contributed by atoms with Crippen molar-refractivity contribution in [1.29, 1.82) is 0 Å². The van der Waals surface area contributed by atoms with Crippen LogP contribution in [-0.4, -0.2) is 40.5 Å². The van der Waals surface area contributed by atoms with Crippen LogP contribution >= 0.6 is 0 Å². The molecule has 1 aliphatic carbocycles. The molecule has 24 heavy (non-hydrogen) atoms. The van der Waals surface area contributed by atoms with Gasteiger partial charge in [0.1, 0.15) is 6.10 Å². The fraction of sp³-hybridized carbons (Fsp3) is 0.556. The number of carbonyl (C=O) groups excluding carboxylic acids is 1. The first kappa shape index (κ1) is 18.3. The van der Waals surface area contributed by atoms with Gasteiger partial charge in [0.2, 0.25) is 0 Å². The van der Waals surface area contributed by atoms with Gasteiger partial charge in [0.15, 0.2) is 6.04 Å². The maximum Gasteiger partial charge on any atom is 0.408 e. The van der Waals surface area contributed by atoms with E-state index in [1.807, 2.05) is 18.2 Å². The van der Waals surface area contributed by atoms with Gasteiger partial charge >= 0.3 is 12.1 Å². The largest absolute Gasteiger partial charge is 0.480 e. The maximum absolute atomic E-state index is 11.8. The van der Waals surface area contributed by atoms with Crippen LogP contribution < -0.4 is 5.32 Å². The summed E-state index contributed by atoms with van der Waals surface area (Å²) in [4.78, 5) is 22.8. The Labute approximate surface area is 141 Å². The summed E-state index contributed by atoms with van der Waals surface area (Å²) in [7, 11) is 0. The van der Waals surface area contributed by atoms with E-state index in [9.17, 15) is 14.7 Å². The number of aliphatic hydroxyl groups is 1. The minimum atomic E-state index is -1.35. The average Bonchev–Trinajstić information content (AvgIpc) is 2.55. The molecule has 1 aromatic carbocycles. The van der Waals surface area contributed by atoms with Gasteiger partial charge in [-0.3, -0.25) is 0 Å². The first-order valence-corrected chi connectivity index (χ1v) is 8.37. The second-order valence-electron chi connectivity index (χ2n) is 6.44. The lowest BCUT2D eigenvalue weighted by Gasteiger charge is -2.29. The lowest BCUT2D eigenvalue weighted by molar-refractivity contribution is -0.142. The molecular formula is C18H25NO5. The van der Waals surface area contributed by atoms with Gasteiger partial charge in [0.05, 0.1) is 6.10 Å². The van der Waals surface area contributed by atoms with Crippen molar-refractivity contribution in [3.8, 4) is 0 Å². The first-order chi connectivity index (χ1) is 11.5. The SMILES string of the molecule is C[C@H](O)[C@@H](NC(=O)OC1CCC(Cc2ccccc2)CC1)C(=O)O. The van der Waals surface area contributed by atoms with Gasteiger partial charge < -0.3 is 20.3 Å². The van der Waals surface area contributed by atoms with E-state index in [0.29, 0.717) is 5.92 Å². The molecule has 0 unspecified atom stereocenters. The zero-order valence-electron chi connectivity index (χ0n) is 13.9. The molecule has 1 aliphatic rings. The maximum atomic E-state index is 11.8. The quantitative estimate of drug-likeness (QED) is 0.741. The number of carboxylic acids is 1. The molecule has 0 bridgehead atoms. The molecular weight excluding hydrogens is 310 g/mol. The predicted octanol–water partition coefficient (Wildman–Crippen LogP) is 2.35. The minimum absolute atomic E-state index is 0.194. The average molecular weight is 335 g/mol. The number of ether oxygens (including phenoxy) is 1. The smallest absolute Gasteiger partial charge is 0.408 e. The molecule has 6 nitrogen and oxygen atoms in total. The second-order valence-corrected chi connectivity index (χ2v) is 6.44. The number of hydrogen-bond donors (Lipinski definition) is 3.